The van der Waals surface area contributed by atoms with E-state index in [2.05, 4.69) is 0 Å². The molecule has 10 aromatic carbocycles. The minimum atomic E-state index is -1.01. The Morgan fingerprint density at radius 3 is 1.08 bits per heavy atom. The maximum Gasteiger partial charge on any atom is 0.309 e. The molecule has 32 heteroatoms. The van der Waals surface area contributed by atoms with Gasteiger partial charge < -0.3 is 148 Å². The van der Waals surface area contributed by atoms with Crippen LogP contribution in [-0.4, -0.2) is 222 Å². The standard InChI is InChI=1S/C20H24O7.C20H22O7.C20H22O6.C20H24O6.C20H26O6/c2*1-25-17-8-11(3-5-15(17)21)7-13-14(10-27-20(13)24)19(23)12-4-6-16(22)18(9-12)26-2;1-24-18-9-12(3-5-16(18)21)7-14-11-26-20(23)15(14)8-13-4-6-17(22)19(10-13)25-2;1-25-18-6-11(3-4-16(18)23)20-14-8-17(24)19(26-2)7-12(14)5-13(9-21)15(20)10-22;1-25-19-9-13(3-5-17(19)23)7-15(11-21)16(12-22)8-14-4-6-18(24)20(10-14)26-2/h3-6,8-9,13-14,19-24H,7,10H2,1-2H3;3-6,8-9,13-14,19,21-23H,7,10H2,1-2H3;3-6,9-10,14-15,21-22H,7-8,11H2,1-2H3;3-4,6-8,13,15,20-24H,5,9-10H2,1-2H3;3-6,9-10,15-16,21-24H,7-8,11-12H2,1-2H3/t13-,14?,19?,20?;13?,14-,19?;14-,15?;13-,15-,20?;15-,16-/m10000/s1. The molecule has 17 N–H and O–H groups in total. The Morgan fingerprint density at radius 1 is 0.333 bits per heavy atom. The van der Waals surface area contributed by atoms with Crippen molar-refractivity contribution in [3.05, 3.63) is 237 Å². The number of aromatic hydroxyl groups is 10. The molecular weight excluding hydrogens is 1710 g/mol. The summed E-state index contributed by atoms with van der Waals surface area (Å²) in [6.45, 7) is 0.342. The van der Waals surface area contributed by atoms with Crippen LogP contribution < -0.4 is 47.4 Å². The number of rotatable bonds is 32. The van der Waals surface area contributed by atoms with Crippen molar-refractivity contribution in [3.8, 4) is 115 Å². The molecule has 0 aromatic heterocycles. The number of carbonyl (C=O) groups excluding carboxylic acids is 2. The number of fused-ring (bicyclic) bond motifs is 1. The molecule has 132 heavy (non-hydrogen) atoms. The molecule has 14 atom stereocenters. The number of ether oxygens (including phenoxy) is 13. The molecule has 3 aliphatic heterocycles. The predicted molar refractivity (Wildman–Crippen MR) is 481 cm³/mol. The van der Waals surface area contributed by atoms with Crippen LogP contribution in [-0.2, 0) is 68.7 Å². The molecule has 0 bridgehead atoms. The van der Waals surface area contributed by atoms with Crippen molar-refractivity contribution in [2.75, 3.05) is 117 Å². The van der Waals surface area contributed by atoms with Crippen molar-refractivity contribution in [3.63, 3.8) is 0 Å². The van der Waals surface area contributed by atoms with E-state index in [0.29, 0.717) is 109 Å². The number of aliphatic hydroxyl groups is 7. The average Bonchev–Trinajstić information content (AvgIpc) is 0.862. The Hall–Kier alpha value is -13.2. The maximum absolute atomic E-state index is 12.2. The number of hydrogen-bond acceptors (Lipinski definition) is 32. The van der Waals surface area contributed by atoms with E-state index in [1.165, 1.54) is 95.4 Å². The van der Waals surface area contributed by atoms with Gasteiger partial charge in [0, 0.05) is 56.0 Å². The van der Waals surface area contributed by atoms with Gasteiger partial charge in [0.15, 0.2) is 121 Å². The summed E-state index contributed by atoms with van der Waals surface area (Å²) >= 11 is 0. The maximum atomic E-state index is 12.2. The highest BCUT2D eigenvalue weighted by Gasteiger charge is 2.45. The number of phenolic OH excluding ortho intramolecular Hbond substituents is 10. The summed E-state index contributed by atoms with van der Waals surface area (Å²) in [5.74, 6) is 0.295. The van der Waals surface area contributed by atoms with Gasteiger partial charge >= 0.3 is 11.9 Å². The normalized spacial score (nSPS) is 19.6. The van der Waals surface area contributed by atoms with Crippen LogP contribution in [0.1, 0.15) is 79.3 Å². The van der Waals surface area contributed by atoms with E-state index in [-0.39, 0.29) is 174 Å². The lowest BCUT2D eigenvalue weighted by molar-refractivity contribution is -0.142. The van der Waals surface area contributed by atoms with Crippen LogP contribution in [0.25, 0.3) is 0 Å². The van der Waals surface area contributed by atoms with Gasteiger partial charge in [-0.25, -0.2) is 0 Å². The lowest BCUT2D eigenvalue weighted by Gasteiger charge is -2.38. The fraction of sp³-hybridized carbons (Fsp3) is 0.380. The molecule has 0 amide bonds. The number of phenols is 10. The second-order valence-corrected chi connectivity index (χ2v) is 32.5. The first-order valence-electron chi connectivity index (χ1n) is 42.5. The number of benzene rings is 10. The van der Waals surface area contributed by atoms with E-state index < -0.39 is 30.3 Å². The van der Waals surface area contributed by atoms with Crippen molar-refractivity contribution in [1.29, 1.82) is 0 Å². The smallest absolute Gasteiger partial charge is 0.309 e. The minimum Gasteiger partial charge on any atom is -0.504 e. The van der Waals surface area contributed by atoms with Gasteiger partial charge in [0.2, 0.25) is 0 Å². The van der Waals surface area contributed by atoms with Crippen LogP contribution in [0.15, 0.2) is 176 Å². The molecule has 14 rings (SSSR count). The third kappa shape index (κ3) is 24.9. The number of hydrogen-bond donors (Lipinski definition) is 17. The third-order valence-corrected chi connectivity index (χ3v) is 24.6. The van der Waals surface area contributed by atoms with E-state index >= 15 is 0 Å². The van der Waals surface area contributed by atoms with Gasteiger partial charge in [0.05, 0.1) is 115 Å². The predicted octanol–water partition coefficient (Wildman–Crippen LogP) is 11.0. The molecule has 0 spiro atoms. The van der Waals surface area contributed by atoms with Gasteiger partial charge in [-0.05, 0) is 251 Å². The molecule has 7 unspecified atom stereocenters. The Morgan fingerprint density at radius 2 is 0.674 bits per heavy atom. The number of aliphatic hydroxyl groups excluding tert-OH is 7. The first-order valence-corrected chi connectivity index (χ1v) is 42.5. The van der Waals surface area contributed by atoms with Gasteiger partial charge in [0.1, 0.15) is 0 Å². The van der Waals surface area contributed by atoms with E-state index in [9.17, 15) is 96.4 Å². The largest absolute Gasteiger partial charge is 0.504 e. The van der Waals surface area contributed by atoms with Crippen molar-refractivity contribution in [1.82, 2.24) is 0 Å². The fourth-order valence-corrected chi connectivity index (χ4v) is 17.2. The van der Waals surface area contributed by atoms with E-state index in [1.54, 1.807) is 146 Å². The Bertz CT molecular complexity index is 5400. The van der Waals surface area contributed by atoms with Gasteiger partial charge in [-0.15, -0.1) is 0 Å². The highest BCUT2D eigenvalue weighted by molar-refractivity contribution is 5.76. The van der Waals surface area contributed by atoms with Gasteiger partial charge in [-0.3, -0.25) is 9.59 Å². The lowest BCUT2D eigenvalue weighted by Crippen LogP contribution is -2.35. The lowest BCUT2D eigenvalue weighted by atomic mass is 9.67. The van der Waals surface area contributed by atoms with Gasteiger partial charge in [-0.1, -0.05) is 54.6 Å². The van der Waals surface area contributed by atoms with Crippen molar-refractivity contribution in [2.24, 2.45) is 59.2 Å². The molecule has 0 saturated carbocycles. The molecule has 3 saturated heterocycles. The molecule has 32 nitrogen and oxygen atoms in total. The minimum absolute atomic E-state index is 0.0103. The summed E-state index contributed by atoms with van der Waals surface area (Å²) in [5, 5.41) is 169. The zero-order chi connectivity index (χ0) is 95.7. The van der Waals surface area contributed by atoms with Crippen LogP contribution in [0.3, 0.4) is 0 Å². The molecule has 4 aliphatic rings. The van der Waals surface area contributed by atoms with E-state index in [0.717, 1.165) is 50.1 Å². The molecule has 3 heterocycles. The first kappa shape index (κ1) is 101. The number of cyclic esters (lactones) is 2. The molecule has 710 valence electrons. The fourth-order valence-electron chi connectivity index (χ4n) is 17.2. The molecular formula is C100H118O32. The van der Waals surface area contributed by atoms with Crippen molar-refractivity contribution >= 4 is 11.9 Å². The first-order chi connectivity index (χ1) is 63.4. The molecule has 1 aliphatic carbocycles. The molecule has 3 fully saturated rings. The number of carbonyl (C=O) groups is 2. The number of esters is 2. The second kappa shape index (κ2) is 47.6. The Balaban J connectivity index is 0.000000171. The third-order valence-electron chi connectivity index (χ3n) is 24.6. The second-order valence-electron chi connectivity index (χ2n) is 32.5. The monoisotopic (exact) mass is 1830 g/mol. The van der Waals surface area contributed by atoms with Crippen LogP contribution >= 0.6 is 0 Å². The Labute approximate surface area is 764 Å². The van der Waals surface area contributed by atoms with Crippen LogP contribution in [0.4, 0.5) is 0 Å². The zero-order valence-corrected chi connectivity index (χ0v) is 75.0. The van der Waals surface area contributed by atoms with Gasteiger partial charge in [0.25, 0.3) is 0 Å². The summed E-state index contributed by atoms with van der Waals surface area (Å²) in [6.07, 6.45) is 0.707. The summed E-state index contributed by atoms with van der Waals surface area (Å²) in [6, 6.07) is 48.0. The Kier molecular flexibility index (Phi) is 36.4. The van der Waals surface area contributed by atoms with Crippen molar-refractivity contribution in [2.45, 2.75) is 69.4 Å². The van der Waals surface area contributed by atoms with Crippen LogP contribution in [0.5, 0.6) is 115 Å². The number of methoxy groups -OCH3 is 10. The van der Waals surface area contributed by atoms with Gasteiger partial charge in [-0.2, -0.15) is 0 Å². The summed E-state index contributed by atoms with van der Waals surface area (Å²) in [5.41, 5.74) is 9.08. The highest BCUT2D eigenvalue weighted by atomic mass is 16.6. The van der Waals surface area contributed by atoms with Crippen LogP contribution in [0.2, 0.25) is 0 Å². The molecule has 0 radical (unpaired) electrons. The quantitative estimate of drug-likeness (QED) is 0.0174. The van der Waals surface area contributed by atoms with E-state index in [1.807, 2.05) is 6.07 Å². The zero-order valence-electron chi connectivity index (χ0n) is 75.0. The summed E-state index contributed by atoms with van der Waals surface area (Å²) < 4.78 is 67.2. The average molecular weight is 1830 g/mol. The molecule has 10 aromatic rings. The summed E-state index contributed by atoms with van der Waals surface area (Å²) in [7, 11) is 14.7. The van der Waals surface area contributed by atoms with E-state index in [4.69, 9.17) is 61.6 Å². The topological polar surface area (TPSA) is 498 Å². The van der Waals surface area contributed by atoms with Crippen molar-refractivity contribution < 1.29 is 158 Å². The highest BCUT2D eigenvalue weighted by Crippen LogP contribution is 2.50. The summed E-state index contributed by atoms with van der Waals surface area (Å²) in [4.78, 5) is 24.5. The van der Waals surface area contributed by atoms with Crippen LogP contribution in [0, 0.1) is 59.2 Å². The SMILES string of the molecule is COc1cc(C2c3cc(O)c(OC)cc3C[C@@H](CO)[C@@H]2CO)ccc1O.COc1cc(CC2C(=O)OC[C@@H]2C(O)c2ccc(O)c(OC)c2)ccc1O.COc1cc(CC2C(=O)OC[C@@H]2Cc2ccc(O)c(OC)c2)ccc1O.COc1cc(C[C@@H](CO)[C@H](CO)Cc2ccc(O)c(OC)c2)ccc1O.COc1cc(C[C@H]2C(O)OCC2C(O)c2ccc(O)c(OC)c2)ccc1O.